The van der Waals surface area contributed by atoms with Gasteiger partial charge in [0.1, 0.15) is 11.5 Å². The summed E-state index contributed by atoms with van der Waals surface area (Å²) in [7, 11) is -0.847. The minimum absolute atomic E-state index is 0.222. The predicted octanol–water partition coefficient (Wildman–Crippen LogP) is 1.83. The standard InChI is InChI=1S/C16H18FN3O2S/c1-11-9-12(2)20(18-11)15-4-3-13(10-14(15)17)16(21)19-5-7-23(22)8-6-19/h3-4,9-10H,5-8H2,1-2H3. The lowest BCUT2D eigenvalue weighted by Crippen LogP contribution is -2.41. The molecule has 1 aromatic heterocycles. The van der Waals surface area contributed by atoms with E-state index in [1.807, 2.05) is 19.9 Å². The van der Waals surface area contributed by atoms with Crippen LogP contribution >= 0.6 is 0 Å². The van der Waals surface area contributed by atoms with E-state index in [-0.39, 0.29) is 5.91 Å². The lowest BCUT2D eigenvalue weighted by atomic mass is 10.1. The largest absolute Gasteiger partial charge is 0.337 e. The molecule has 122 valence electrons. The summed E-state index contributed by atoms with van der Waals surface area (Å²) in [4.78, 5) is 14.0. The zero-order chi connectivity index (χ0) is 16.6. The van der Waals surface area contributed by atoms with Gasteiger partial charge in [-0.05, 0) is 38.1 Å². The molecule has 0 bridgehead atoms. The van der Waals surface area contributed by atoms with Crippen LogP contribution in [0.25, 0.3) is 5.69 Å². The molecule has 0 N–H and O–H groups in total. The Kier molecular flexibility index (Phi) is 4.30. The van der Waals surface area contributed by atoms with Gasteiger partial charge in [-0.3, -0.25) is 9.00 Å². The number of aryl methyl sites for hydroxylation is 2. The average molecular weight is 335 g/mol. The zero-order valence-corrected chi connectivity index (χ0v) is 13.9. The van der Waals surface area contributed by atoms with Gasteiger partial charge in [0, 0.05) is 46.7 Å². The molecule has 0 saturated carbocycles. The summed E-state index contributed by atoms with van der Waals surface area (Å²) in [6.45, 7) is 4.60. The highest BCUT2D eigenvalue weighted by Gasteiger charge is 2.22. The van der Waals surface area contributed by atoms with Crippen LogP contribution in [0.2, 0.25) is 0 Å². The van der Waals surface area contributed by atoms with E-state index in [0.29, 0.717) is 35.8 Å². The van der Waals surface area contributed by atoms with Crippen LogP contribution in [0.5, 0.6) is 0 Å². The molecule has 3 rings (SSSR count). The van der Waals surface area contributed by atoms with Gasteiger partial charge < -0.3 is 4.90 Å². The van der Waals surface area contributed by atoms with E-state index < -0.39 is 16.6 Å². The minimum Gasteiger partial charge on any atom is -0.337 e. The first-order chi connectivity index (χ1) is 11.0. The molecular weight excluding hydrogens is 317 g/mol. The normalized spacial score (nSPS) is 15.9. The Morgan fingerprint density at radius 1 is 1.22 bits per heavy atom. The van der Waals surface area contributed by atoms with E-state index in [2.05, 4.69) is 5.10 Å². The molecule has 1 saturated heterocycles. The quantitative estimate of drug-likeness (QED) is 0.841. The van der Waals surface area contributed by atoms with Crippen LogP contribution in [0.4, 0.5) is 4.39 Å². The van der Waals surface area contributed by atoms with E-state index in [4.69, 9.17) is 0 Å². The summed E-state index contributed by atoms with van der Waals surface area (Å²) in [5.41, 5.74) is 2.27. The first kappa shape index (κ1) is 15.9. The number of aromatic nitrogens is 2. The van der Waals surface area contributed by atoms with Crippen molar-refractivity contribution in [1.29, 1.82) is 0 Å². The number of nitrogens with zero attached hydrogens (tertiary/aromatic N) is 3. The van der Waals surface area contributed by atoms with Crippen molar-refractivity contribution in [2.45, 2.75) is 13.8 Å². The molecule has 1 aliphatic heterocycles. The van der Waals surface area contributed by atoms with Crippen molar-refractivity contribution in [3.05, 3.63) is 47.0 Å². The fourth-order valence-corrected chi connectivity index (χ4v) is 3.76. The molecule has 2 heterocycles. The molecule has 0 aliphatic carbocycles. The van der Waals surface area contributed by atoms with Crippen LogP contribution in [0.1, 0.15) is 21.7 Å². The van der Waals surface area contributed by atoms with Gasteiger partial charge in [-0.1, -0.05) is 0 Å². The molecule has 5 nitrogen and oxygen atoms in total. The monoisotopic (exact) mass is 335 g/mol. The zero-order valence-electron chi connectivity index (χ0n) is 13.1. The van der Waals surface area contributed by atoms with Crippen LogP contribution in [-0.2, 0) is 10.8 Å². The first-order valence-electron chi connectivity index (χ1n) is 7.43. The third-order valence-electron chi connectivity index (χ3n) is 3.90. The van der Waals surface area contributed by atoms with Crippen molar-refractivity contribution in [3.8, 4) is 5.69 Å². The lowest BCUT2D eigenvalue weighted by Gasteiger charge is -2.26. The Balaban J connectivity index is 1.86. The van der Waals surface area contributed by atoms with Crippen LogP contribution in [0.3, 0.4) is 0 Å². The van der Waals surface area contributed by atoms with Crippen molar-refractivity contribution in [2.75, 3.05) is 24.6 Å². The van der Waals surface area contributed by atoms with Crippen LogP contribution in [0, 0.1) is 19.7 Å². The van der Waals surface area contributed by atoms with E-state index in [1.165, 1.54) is 10.7 Å². The number of halogens is 1. The Bertz CT molecular complexity index is 778. The van der Waals surface area contributed by atoms with Crippen molar-refractivity contribution < 1.29 is 13.4 Å². The maximum absolute atomic E-state index is 14.4. The number of hydrogen-bond acceptors (Lipinski definition) is 3. The number of benzene rings is 1. The molecule has 1 aromatic carbocycles. The molecule has 2 aromatic rings. The summed E-state index contributed by atoms with van der Waals surface area (Å²) in [6.07, 6.45) is 0. The van der Waals surface area contributed by atoms with Crippen LogP contribution in [-0.4, -0.2) is 49.4 Å². The molecular formula is C16H18FN3O2S. The average Bonchev–Trinajstić information content (AvgIpc) is 2.85. The van der Waals surface area contributed by atoms with Crippen LogP contribution < -0.4 is 0 Å². The maximum Gasteiger partial charge on any atom is 0.254 e. The summed E-state index contributed by atoms with van der Waals surface area (Å²) in [5, 5.41) is 4.26. The molecule has 1 aliphatic rings. The summed E-state index contributed by atoms with van der Waals surface area (Å²) in [5.74, 6) is 0.263. The van der Waals surface area contributed by atoms with E-state index >= 15 is 0 Å². The predicted molar refractivity (Wildman–Crippen MR) is 86.8 cm³/mol. The first-order valence-corrected chi connectivity index (χ1v) is 8.92. The topological polar surface area (TPSA) is 55.2 Å². The van der Waals surface area contributed by atoms with Crippen molar-refractivity contribution >= 4 is 16.7 Å². The maximum atomic E-state index is 14.4. The smallest absolute Gasteiger partial charge is 0.254 e. The number of carbonyl (C=O) groups excluding carboxylic acids is 1. The van der Waals surface area contributed by atoms with Crippen molar-refractivity contribution in [1.82, 2.24) is 14.7 Å². The van der Waals surface area contributed by atoms with Gasteiger partial charge >= 0.3 is 0 Å². The van der Waals surface area contributed by atoms with Gasteiger partial charge in [0.2, 0.25) is 0 Å². The third kappa shape index (κ3) is 3.19. The molecule has 0 atom stereocenters. The van der Waals surface area contributed by atoms with Gasteiger partial charge in [0.05, 0.1) is 5.69 Å². The number of amides is 1. The lowest BCUT2D eigenvalue weighted by molar-refractivity contribution is 0.0771. The molecule has 0 unspecified atom stereocenters. The number of carbonyl (C=O) groups is 1. The molecule has 1 fully saturated rings. The van der Waals surface area contributed by atoms with E-state index in [0.717, 1.165) is 11.4 Å². The Morgan fingerprint density at radius 2 is 1.91 bits per heavy atom. The van der Waals surface area contributed by atoms with Crippen molar-refractivity contribution in [3.63, 3.8) is 0 Å². The van der Waals surface area contributed by atoms with Gasteiger partial charge in [-0.25, -0.2) is 9.07 Å². The second-order valence-electron chi connectivity index (χ2n) is 5.65. The van der Waals surface area contributed by atoms with Crippen LogP contribution in [0.15, 0.2) is 24.3 Å². The molecule has 23 heavy (non-hydrogen) atoms. The Labute approximate surface area is 136 Å². The Morgan fingerprint density at radius 3 is 2.48 bits per heavy atom. The fourth-order valence-electron chi connectivity index (χ4n) is 2.71. The number of hydrogen-bond donors (Lipinski definition) is 0. The minimum atomic E-state index is -0.847. The van der Waals surface area contributed by atoms with Gasteiger partial charge in [-0.15, -0.1) is 0 Å². The SMILES string of the molecule is Cc1cc(C)n(-c2ccc(C(=O)N3CCS(=O)CC3)cc2F)n1. The second-order valence-corrected chi connectivity index (χ2v) is 7.34. The van der Waals surface area contributed by atoms with E-state index in [1.54, 1.807) is 17.0 Å². The molecule has 1 amide bonds. The highest BCUT2D eigenvalue weighted by molar-refractivity contribution is 7.85. The van der Waals surface area contributed by atoms with Crippen molar-refractivity contribution in [2.24, 2.45) is 0 Å². The van der Waals surface area contributed by atoms with Gasteiger partial charge in [0.25, 0.3) is 5.91 Å². The highest BCUT2D eigenvalue weighted by atomic mass is 32.2. The number of rotatable bonds is 2. The molecule has 0 spiro atoms. The second kappa shape index (κ2) is 6.23. The van der Waals surface area contributed by atoms with Gasteiger partial charge in [0.15, 0.2) is 0 Å². The third-order valence-corrected chi connectivity index (χ3v) is 5.17. The van der Waals surface area contributed by atoms with E-state index in [9.17, 15) is 13.4 Å². The summed E-state index contributed by atoms with van der Waals surface area (Å²) < 4.78 is 27.3. The van der Waals surface area contributed by atoms with Gasteiger partial charge in [-0.2, -0.15) is 5.10 Å². The highest BCUT2D eigenvalue weighted by Crippen LogP contribution is 2.19. The summed E-state index contributed by atoms with van der Waals surface area (Å²) in [6, 6.07) is 6.30. The molecule has 7 heteroatoms. The Hall–Kier alpha value is -2.02. The fraction of sp³-hybridized carbons (Fsp3) is 0.375. The summed E-state index contributed by atoms with van der Waals surface area (Å²) >= 11 is 0. The molecule has 0 radical (unpaired) electrons.